The standard InChI is InChI=1S/C16H17N3O4/c1-21-12-7-14-13(22-3-2-4-23-14)5-10(12)9-6-15(20)18-16-11(9)8-17-19-16/h5,7-9H,2-4,6H2,1H3,(H2,17,18,19,20). The molecule has 2 aliphatic heterocycles. The Morgan fingerprint density at radius 1 is 1.22 bits per heavy atom. The Morgan fingerprint density at radius 2 is 2.00 bits per heavy atom. The summed E-state index contributed by atoms with van der Waals surface area (Å²) in [5, 5.41) is 9.65. The van der Waals surface area contributed by atoms with Crippen LogP contribution in [0.4, 0.5) is 5.82 Å². The van der Waals surface area contributed by atoms with Crippen molar-refractivity contribution in [2.24, 2.45) is 0 Å². The average Bonchev–Trinajstić information content (AvgIpc) is 2.90. The zero-order valence-electron chi connectivity index (χ0n) is 12.7. The molecular formula is C16H17N3O4. The minimum atomic E-state index is -0.135. The van der Waals surface area contributed by atoms with Gasteiger partial charge in [-0.1, -0.05) is 0 Å². The van der Waals surface area contributed by atoms with E-state index in [-0.39, 0.29) is 11.8 Å². The Bertz CT molecular complexity index is 756. The largest absolute Gasteiger partial charge is 0.496 e. The van der Waals surface area contributed by atoms with Gasteiger partial charge in [-0.15, -0.1) is 0 Å². The minimum absolute atomic E-state index is 0.0547. The second-order valence-electron chi connectivity index (χ2n) is 5.60. The number of ether oxygens (including phenoxy) is 3. The number of methoxy groups -OCH3 is 1. The Morgan fingerprint density at radius 3 is 2.78 bits per heavy atom. The van der Waals surface area contributed by atoms with Crippen molar-refractivity contribution in [3.05, 3.63) is 29.5 Å². The minimum Gasteiger partial charge on any atom is -0.496 e. The molecule has 0 fully saturated rings. The summed E-state index contributed by atoms with van der Waals surface area (Å²) in [4.78, 5) is 12.0. The number of carbonyl (C=O) groups excluding carboxylic acids is 1. The summed E-state index contributed by atoms with van der Waals surface area (Å²) in [7, 11) is 1.61. The van der Waals surface area contributed by atoms with E-state index in [0.29, 0.717) is 42.7 Å². The van der Waals surface area contributed by atoms with Crippen molar-refractivity contribution in [1.82, 2.24) is 10.2 Å². The van der Waals surface area contributed by atoms with Gasteiger partial charge in [-0.2, -0.15) is 5.10 Å². The molecule has 1 unspecified atom stereocenters. The summed E-state index contributed by atoms with van der Waals surface area (Å²) in [6.07, 6.45) is 2.91. The van der Waals surface area contributed by atoms with Crippen LogP contribution in [0.5, 0.6) is 17.2 Å². The SMILES string of the molecule is COc1cc2c(cc1C1CC(=O)Nc3[nH]ncc31)OCCCO2. The number of nitrogens with one attached hydrogen (secondary N) is 2. The van der Waals surface area contributed by atoms with Gasteiger partial charge in [-0.25, -0.2) is 0 Å². The fourth-order valence-corrected chi connectivity index (χ4v) is 3.08. The number of nitrogens with zero attached hydrogens (tertiary/aromatic N) is 1. The molecular weight excluding hydrogens is 298 g/mol. The van der Waals surface area contributed by atoms with Crippen molar-refractivity contribution >= 4 is 11.7 Å². The number of aromatic nitrogens is 2. The lowest BCUT2D eigenvalue weighted by molar-refractivity contribution is -0.116. The molecule has 2 aromatic rings. The predicted molar refractivity (Wildman–Crippen MR) is 82.3 cm³/mol. The molecule has 120 valence electrons. The van der Waals surface area contributed by atoms with Crippen LogP contribution in [0.25, 0.3) is 0 Å². The number of H-pyrrole nitrogens is 1. The molecule has 1 aromatic carbocycles. The lowest BCUT2D eigenvalue weighted by Gasteiger charge is -2.24. The first-order chi connectivity index (χ1) is 11.3. The summed E-state index contributed by atoms with van der Waals surface area (Å²) in [6.45, 7) is 1.23. The van der Waals surface area contributed by atoms with Crippen LogP contribution in [0.3, 0.4) is 0 Å². The number of anilines is 1. The molecule has 4 rings (SSSR count). The number of rotatable bonds is 2. The number of carbonyl (C=O) groups is 1. The molecule has 2 aliphatic rings. The highest BCUT2D eigenvalue weighted by molar-refractivity contribution is 5.94. The molecule has 2 N–H and O–H groups in total. The molecule has 1 aromatic heterocycles. The highest BCUT2D eigenvalue weighted by Gasteiger charge is 2.31. The molecule has 23 heavy (non-hydrogen) atoms. The Hall–Kier alpha value is -2.70. The Balaban J connectivity index is 1.83. The third-order valence-corrected chi connectivity index (χ3v) is 4.17. The lowest BCUT2D eigenvalue weighted by atomic mass is 9.86. The zero-order chi connectivity index (χ0) is 15.8. The maximum Gasteiger partial charge on any atom is 0.226 e. The topological polar surface area (TPSA) is 85.5 Å². The van der Waals surface area contributed by atoms with Crippen LogP contribution in [-0.4, -0.2) is 36.4 Å². The number of fused-ring (bicyclic) bond motifs is 2. The van der Waals surface area contributed by atoms with Crippen LogP contribution < -0.4 is 19.5 Å². The molecule has 0 saturated carbocycles. The lowest BCUT2D eigenvalue weighted by Crippen LogP contribution is -2.23. The van der Waals surface area contributed by atoms with Crippen molar-refractivity contribution in [3.8, 4) is 17.2 Å². The highest BCUT2D eigenvalue weighted by Crippen LogP contribution is 2.44. The van der Waals surface area contributed by atoms with Gasteiger partial charge in [0.2, 0.25) is 5.91 Å². The van der Waals surface area contributed by atoms with E-state index in [9.17, 15) is 4.79 Å². The quantitative estimate of drug-likeness (QED) is 0.886. The van der Waals surface area contributed by atoms with Crippen molar-refractivity contribution in [1.29, 1.82) is 0 Å². The van der Waals surface area contributed by atoms with E-state index in [1.807, 2.05) is 12.1 Å². The molecule has 0 aliphatic carbocycles. The van der Waals surface area contributed by atoms with E-state index in [2.05, 4.69) is 15.5 Å². The molecule has 1 amide bonds. The molecule has 3 heterocycles. The predicted octanol–water partition coefficient (Wildman–Crippen LogP) is 2.05. The maximum absolute atomic E-state index is 12.0. The van der Waals surface area contributed by atoms with Gasteiger partial charge in [0.15, 0.2) is 11.5 Å². The van der Waals surface area contributed by atoms with Crippen LogP contribution in [0.2, 0.25) is 0 Å². The number of hydrogen-bond donors (Lipinski definition) is 2. The third kappa shape index (κ3) is 2.38. The van der Waals surface area contributed by atoms with Crippen molar-refractivity contribution in [2.75, 3.05) is 25.6 Å². The molecule has 7 heteroatoms. The number of amides is 1. The van der Waals surface area contributed by atoms with Gasteiger partial charge in [-0.05, 0) is 6.07 Å². The third-order valence-electron chi connectivity index (χ3n) is 4.17. The second kappa shape index (κ2) is 5.49. The Kier molecular flexibility index (Phi) is 3.33. The summed E-state index contributed by atoms with van der Waals surface area (Å²) in [6, 6.07) is 3.75. The van der Waals surface area contributed by atoms with Gasteiger partial charge in [0.1, 0.15) is 11.6 Å². The van der Waals surface area contributed by atoms with Crippen LogP contribution in [0.15, 0.2) is 18.3 Å². The number of benzene rings is 1. The van der Waals surface area contributed by atoms with E-state index in [1.54, 1.807) is 13.3 Å². The molecule has 0 radical (unpaired) electrons. The number of hydrogen-bond acceptors (Lipinski definition) is 5. The monoisotopic (exact) mass is 315 g/mol. The first-order valence-electron chi connectivity index (χ1n) is 7.57. The first kappa shape index (κ1) is 13.9. The van der Waals surface area contributed by atoms with Crippen molar-refractivity contribution in [2.45, 2.75) is 18.8 Å². The molecule has 7 nitrogen and oxygen atoms in total. The van der Waals surface area contributed by atoms with Gasteiger partial charge >= 0.3 is 0 Å². The zero-order valence-corrected chi connectivity index (χ0v) is 12.7. The van der Waals surface area contributed by atoms with Gasteiger partial charge in [-0.3, -0.25) is 9.89 Å². The summed E-state index contributed by atoms with van der Waals surface area (Å²) in [5.74, 6) is 2.50. The van der Waals surface area contributed by atoms with Crippen LogP contribution in [-0.2, 0) is 4.79 Å². The molecule has 0 saturated heterocycles. The van der Waals surface area contributed by atoms with Gasteiger partial charge in [0, 0.05) is 36.0 Å². The summed E-state index contributed by atoms with van der Waals surface area (Å²) < 4.78 is 17.0. The molecule has 0 bridgehead atoms. The molecule has 0 spiro atoms. The van der Waals surface area contributed by atoms with Crippen LogP contribution in [0, 0.1) is 0 Å². The smallest absolute Gasteiger partial charge is 0.226 e. The first-order valence-corrected chi connectivity index (χ1v) is 7.57. The van der Waals surface area contributed by atoms with Gasteiger partial charge in [0.05, 0.1) is 26.5 Å². The van der Waals surface area contributed by atoms with E-state index >= 15 is 0 Å². The van der Waals surface area contributed by atoms with Gasteiger partial charge in [0.25, 0.3) is 0 Å². The molecule has 1 atom stereocenters. The highest BCUT2D eigenvalue weighted by atomic mass is 16.5. The van der Waals surface area contributed by atoms with Crippen molar-refractivity contribution in [3.63, 3.8) is 0 Å². The van der Waals surface area contributed by atoms with E-state index in [0.717, 1.165) is 17.5 Å². The average molecular weight is 315 g/mol. The second-order valence-corrected chi connectivity index (χ2v) is 5.60. The maximum atomic E-state index is 12.0. The van der Waals surface area contributed by atoms with E-state index in [1.165, 1.54) is 0 Å². The van der Waals surface area contributed by atoms with Crippen LogP contribution in [0.1, 0.15) is 29.9 Å². The normalized spacial score (nSPS) is 19.5. The fraction of sp³-hybridized carbons (Fsp3) is 0.375. The summed E-state index contributed by atoms with van der Waals surface area (Å²) in [5.41, 5.74) is 1.84. The van der Waals surface area contributed by atoms with E-state index in [4.69, 9.17) is 14.2 Å². The van der Waals surface area contributed by atoms with Crippen LogP contribution >= 0.6 is 0 Å². The van der Waals surface area contributed by atoms with E-state index < -0.39 is 0 Å². The Labute approximate surface area is 132 Å². The number of aromatic amines is 1. The summed E-state index contributed by atoms with van der Waals surface area (Å²) >= 11 is 0. The van der Waals surface area contributed by atoms with Gasteiger partial charge < -0.3 is 19.5 Å². The fourth-order valence-electron chi connectivity index (χ4n) is 3.08. The van der Waals surface area contributed by atoms with Crippen molar-refractivity contribution < 1.29 is 19.0 Å².